The van der Waals surface area contributed by atoms with Crippen LogP contribution in [0.5, 0.6) is 0 Å². The molecule has 2 aliphatic carbocycles. The molecule has 0 bridgehead atoms. The Balaban J connectivity index is 1.21. The van der Waals surface area contributed by atoms with Crippen LogP contribution < -0.4 is 0 Å². The van der Waals surface area contributed by atoms with Crippen LogP contribution in [0.1, 0.15) is 25.0 Å². The first kappa shape index (κ1) is 28.6. The molecule has 0 N–H and O–H groups in total. The van der Waals surface area contributed by atoms with Gasteiger partial charge in [-0.2, -0.15) is 0 Å². The van der Waals surface area contributed by atoms with Gasteiger partial charge in [0, 0.05) is 5.41 Å². The Bertz CT molecular complexity index is 2920. The van der Waals surface area contributed by atoms with Crippen molar-refractivity contribution in [1.82, 2.24) is 0 Å². The van der Waals surface area contributed by atoms with E-state index in [2.05, 4.69) is 184 Å². The second-order valence-corrected chi connectivity index (χ2v) is 14.8. The zero-order valence-corrected chi connectivity index (χ0v) is 28.7. The molecule has 0 aliphatic heterocycles. The van der Waals surface area contributed by atoms with E-state index in [1.54, 1.807) is 0 Å². The highest BCUT2D eigenvalue weighted by molar-refractivity contribution is 6.27. The number of hydrogen-bond donors (Lipinski definition) is 0. The van der Waals surface area contributed by atoms with Gasteiger partial charge >= 0.3 is 0 Å². The number of fused-ring (bicyclic) bond motifs is 6. The monoisotopic (exact) mass is 646 g/mol. The van der Waals surface area contributed by atoms with E-state index < -0.39 is 0 Å². The highest BCUT2D eigenvalue weighted by Gasteiger charge is 2.34. The highest BCUT2D eigenvalue weighted by atomic mass is 14.4. The van der Waals surface area contributed by atoms with Gasteiger partial charge in [0.15, 0.2) is 0 Å². The molecule has 0 atom stereocenters. The Morgan fingerprint density at radius 3 is 1.63 bits per heavy atom. The van der Waals surface area contributed by atoms with Crippen LogP contribution in [0.25, 0.3) is 99.1 Å². The van der Waals surface area contributed by atoms with Crippen molar-refractivity contribution in [2.24, 2.45) is 0 Å². The standard InChI is InChI=1S/C51H34/c1-51(2)43-27-9-8-20-36(43)38-24-13-23-37-35(28-29-44(51)48(37)38)33-18-10-19-34(30-33)47-40-22-7-6-21-39(40)46(32-14-4-3-5-15-32)49-41-25-11-16-31-17-12-26-42(45(31)41)50(47)49/h3-30H,1-2H3. The van der Waals surface area contributed by atoms with Crippen LogP contribution in [0.2, 0.25) is 0 Å². The van der Waals surface area contributed by atoms with Gasteiger partial charge in [0.1, 0.15) is 0 Å². The summed E-state index contributed by atoms with van der Waals surface area (Å²) in [7, 11) is 0. The predicted octanol–water partition coefficient (Wildman–Crippen LogP) is 14.1. The summed E-state index contributed by atoms with van der Waals surface area (Å²) in [5.41, 5.74) is 18.4. The van der Waals surface area contributed by atoms with Crippen LogP contribution in [-0.2, 0) is 5.41 Å². The van der Waals surface area contributed by atoms with Gasteiger partial charge < -0.3 is 0 Å². The van der Waals surface area contributed by atoms with E-state index in [0.717, 1.165) is 0 Å². The highest BCUT2D eigenvalue weighted by Crippen LogP contribution is 2.58. The van der Waals surface area contributed by atoms with Crippen molar-refractivity contribution in [3.63, 3.8) is 0 Å². The molecule has 11 rings (SSSR count). The molecular weight excluding hydrogens is 613 g/mol. The molecular formula is C51H34. The van der Waals surface area contributed by atoms with Gasteiger partial charge in [-0.1, -0.05) is 178 Å². The van der Waals surface area contributed by atoms with E-state index in [0.29, 0.717) is 0 Å². The van der Waals surface area contributed by atoms with Crippen LogP contribution in [-0.4, -0.2) is 0 Å². The molecule has 0 amide bonds. The number of rotatable bonds is 3. The van der Waals surface area contributed by atoms with E-state index in [9.17, 15) is 0 Å². The van der Waals surface area contributed by atoms with Crippen LogP contribution in [0.3, 0.4) is 0 Å². The molecule has 2 aliphatic rings. The summed E-state index contributed by atoms with van der Waals surface area (Å²) in [5.74, 6) is 0. The minimum Gasteiger partial charge on any atom is -0.0622 e. The molecule has 0 saturated heterocycles. The maximum atomic E-state index is 2.44. The summed E-state index contributed by atoms with van der Waals surface area (Å²) in [6, 6.07) is 63.6. The second-order valence-electron chi connectivity index (χ2n) is 14.8. The van der Waals surface area contributed by atoms with Crippen molar-refractivity contribution >= 4 is 32.3 Å². The Labute approximate surface area is 298 Å². The molecule has 0 aromatic heterocycles. The molecule has 238 valence electrons. The topological polar surface area (TPSA) is 0 Å². The molecule has 0 fully saturated rings. The Kier molecular flexibility index (Phi) is 5.82. The summed E-state index contributed by atoms with van der Waals surface area (Å²) in [6.07, 6.45) is 0. The van der Waals surface area contributed by atoms with Gasteiger partial charge in [0.05, 0.1) is 0 Å². The van der Waals surface area contributed by atoms with Crippen LogP contribution >= 0.6 is 0 Å². The van der Waals surface area contributed by atoms with Gasteiger partial charge in [-0.25, -0.2) is 0 Å². The third kappa shape index (κ3) is 3.85. The van der Waals surface area contributed by atoms with Gasteiger partial charge in [-0.3, -0.25) is 0 Å². The van der Waals surface area contributed by atoms with Crippen LogP contribution in [0.4, 0.5) is 0 Å². The van der Waals surface area contributed by atoms with E-state index in [4.69, 9.17) is 0 Å². The first-order valence-electron chi connectivity index (χ1n) is 18.0. The zero-order valence-electron chi connectivity index (χ0n) is 28.7. The normalized spacial score (nSPS) is 13.5. The lowest BCUT2D eigenvalue weighted by Crippen LogP contribution is -2.23. The van der Waals surface area contributed by atoms with Crippen LogP contribution in [0.15, 0.2) is 170 Å². The van der Waals surface area contributed by atoms with Crippen molar-refractivity contribution in [3.8, 4) is 66.8 Å². The maximum Gasteiger partial charge on any atom is 0.0159 e. The molecule has 9 aromatic carbocycles. The van der Waals surface area contributed by atoms with Crippen molar-refractivity contribution < 1.29 is 0 Å². The number of hydrogen-bond acceptors (Lipinski definition) is 0. The second kappa shape index (κ2) is 10.4. The van der Waals surface area contributed by atoms with E-state index in [1.807, 2.05) is 0 Å². The Hall–Kier alpha value is -6.24. The zero-order chi connectivity index (χ0) is 33.8. The molecule has 0 heterocycles. The molecule has 0 radical (unpaired) electrons. The summed E-state index contributed by atoms with van der Waals surface area (Å²) >= 11 is 0. The van der Waals surface area contributed by atoms with Gasteiger partial charge in [0.25, 0.3) is 0 Å². The van der Waals surface area contributed by atoms with E-state index in [-0.39, 0.29) is 5.41 Å². The minimum absolute atomic E-state index is 0.0838. The van der Waals surface area contributed by atoms with Crippen molar-refractivity contribution in [2.75, 3.05) is 0 Å². The lowest BCUT2D eigenvalue weighted by molar-refractivity contribution is 0.645. The molecule has 0 nitrogen and oxygen atoms in total. The third-order valence-corrected chi connectivity index (χ3v) is 11.8. The fourth-order valence-electron chi connectivity index (χ4n) is 9.59. The molecule has 0 spiro atoms. The SMILES string of the molecule is CC1(C)c2ccccc2-c2cccc3c(-c4cccc(-c5c6c(c(-c7ccccc7)c7ccccc57)-c5cccc7cccc-6c57)c4)ccc1c23. The van der Waals surface area contributed by atoms with Gasteiger partial charge in [0.2, 0.25) is 0 Å². The average Bonchev–Trinajstić information content (AvgIpc) is 3.51. The quantitative estimate of drug-likeness (QED) is 0.179. The first-order chi connectivity index (χ1) is 25.1. The smallest absolute Gasteiger partial charge is 0.0159 e. The summed E-state index contributed by atoms with van der Waals surface area (Å²) in [6.45, 7) is 4.75. The van der Waals surface area contributed by atoms with Crippen molar-refractivity contribution in [2.45, 2.75) is 19.3 Å². The van der Waals surface area contributed by atoms with E-state index in [1.165, 1.54) is 110 Å². The summed E-state index contributed by atoms with van der Waals surface area (Å²) in [4.78, 5) is 0. The fourth-order valence-corrected chi connectivity index (χ4v) is 9.59. The fraction of sp³-hybridized carbons (Fsp3) is 0.0588. The van der Waals surface area contributed by atoms with E-state index >= 15 is 0 Å². The maximum absolute atomic E-state index is 2.44. The Morgan fingerprint density at radius 2 is 0.863 bits per heavy atom. The molecule has 9 aromatic rings. The third-order valence-electron chi connectivity index (χ3n) is 11.8. The molecule has 0 heteroatoms. The molecule has 51 heavy (non-hydrogen) atoms. The lowest BCUT2D eigenvalue weighted by Gasteiger charge is -2.35. The predicted molar refractivity (Wildman–Crippen MR) is 217 cm³/mol. The minimum atomic E-state index is -0.0838. The largest absolute Gasteiger partial charge is 0.0622 e. The molecule has 0 unspecified atom stereocenters. The lowest BCUT2D eigenvalue weighted by atomic mass is 9.68. The van der Waals surface area contributed by atoms with Crippen molar-refractivity contribution in [3.05, 3.63) is 181 Å². The summed E-state index contributed by atoms with van der Waals surface area (Å²) < 4.78 is 0. The Morgan fingerprint density at radius 1 is 0.314 bits per heavy atom. The average molecular weight is 647 g/mol. The first-order valence-corrected chi connectivity index (χ1v) is 18.0. The van der Waals surface area contributed by atoms with Gasteiger partial charge in [-0.15, -0.1) is 0 Å². The summed E-state index contributed by atoms with van der Waals surface area (Å²) in [5, 5.41) is 7.91. The van der Waals surface area contributed by atoms with Gasteiger partial charge in [-0.05, 0) is 116 Å². The van der Waals surface area contributed by atoms with Crippen molar-refractivity contribution in [1.29, 1.82) is 0 Å². The molecule has 0 saturated carbocycles. The van der Waals surface area contributed by atoms with Crippen LogP contribution in [0, 0.1) is 0 Å². The number of benzene rings is 9.